The molecule has 2 N–H and O–H groups in total. The molecule has 1 aromatic rings. The lowest BCUT2D eigenvalue weighted by Crippen LogP contribution is -2.45. The quantitative estimate of drug-likeness (QED) is 0.362. The van der Waals surface area contributed by atoms with Crippen molar-refractivity contribution in [1.82, 2.24) is 15.5 Å². The van der Waals surface area contributed by atoms with Crippen molar-refractivity contribution >= 4 is 47.4 Å². The molecule has 0 saturated carbocycles. The summed E-state index contributed by atoms with van der Waals surface area (Å²) in [5.41, 5.74) is 0.971. The van der Waals surface area contributed by atoms with Gasteiger partial charge in [-0.2, -0.15) is 0 Å². The third kappa shape index (κ3) is 6.50. The Morgan fingerprint density at radius 2 is 2.19 bits per heavy atom. The number of methoxy groups -OCH3 is 1. The monoisotopic (exact) mass is 494 g/mol. The van der Waals surface area contributed by atoms with Crippen molar-refractivity contribution in [3.8, 4) is 5.75 Å². The zero-order valence-corrected chi connectivity index (χ0v) is 18.6. The van der Waals surface area contributed by atoms with Crippen molar-refractivity contribution in [3.63, 3.8) is 0 Å². The van der Waals surface area contributed by atoms with E-state index in [1.807, 2.05) is 30.9 Å². The largest absolute Gasteiger partial charge is 0.496 e. The Balaban J connectivity index is 0.00000338. The number of nitrogens with zero attached hydrogens (tertiary/aromatic N) is 2. The van der Waals surface area contributed by atoms with E-state index in [1.165, 1.54) is 0 Å². The number of ether oxygens (including phenoxy) is 1. The van der Waals surface area contributed by atoms with E-state index in [4.69, 9.17) is 16.3 Å². The van der Waals surface area contributed by atoms with E-state index < -0.39 is 0 Å². The van der Waals surface area contributed by atoms with E-state index in [0.717, 1.165) is 43.3 Å². The summed E-state index contributed by atoms with van der Waals surface area (Å²) in [6.45, 7) is 6.71. The molecule has 1 fully saturated rings. The summed E-state index contributed by atoms with van der Waals surface area (Å²) in [7, 11) is 1.63. The lowest BCUT2D eigenvalue weighted by molar-refractivity contribution is -0.129. The topological polar surface area (TPSA) is 66.0 Å². The van der Waals surface area contributed by atoms with Gasteiger partial charge in [-0.15, -0.1) is 24.0 Å². The van der Waals surface area contributed by atoms with E-state index in [1.54, 1.807) is 13.2 Å². The standard InChI is InChI=1S/C18H27ClN4O2.HI/c1-4-17(24)23-9-8-15(12-23)22-18(20-5-2)21-11-13-6-7-14(19)10-16(13)25-3;/h6-7,10,15H,4-5,8-9,11-12H2,1-3H3,(H2,20,21,22);1H. The third-order valence-corrected chi connectivity index (χ3v) is 4.42. The number of carbonyl (C=O) groups excluding carboxylic acids is 1. The maximum atomic E-state index is 11.8. The zero-order valence-electron chi connectivity index (χ0n) is 15.5. The number of guanidine groups is 1. The van der Waals surface area contributed by atoms with Crippen molar-refractivity contribution in [2.75, 3.05) is 26.7 Å². The Labute approximate surface area is 177 Å². The highest BCUT2D eigenvalue weighted by atomic mass is 127. The van der Waals surface area contributed by atoms with E-state index in [2.05, 4.69) is 15.6 Å². The van der Waals surface area contributed by atoms with Crippen LogP contribution >= 0.6 is 35.6 Å². The number of aliphatic imine (C=N–C) groups is 1. The van der Waals surface area contributed by atoms with Gasteiger partial charge >= 0.3 is 0 Å². The van der Waals surface area contributed by atoms with Crippen LogP contribution in [0.2, 0.25) is 5.02 Å². The number of halogens is 2. The zero-order chi connectivity index (χ0) is 18.2. The van der Waals surface area contributed by atoms with Crippen LogP contribution in [0.5, 0.6) is 5.75 Å². The summed E-state index contributed by atoms with van der Waals surface area (Å²) in [5, 5.41) is 7.32. The number of nitrogens with one attached hydrogen (secondary N) is 2. The summed E-state index contributed by atoms with van der Waals surface area (Å²) >= 11 is 6.00. The second-order valence-corrected chi connectivity index (χ2v) is 6.41. The van der Waals surface area contributed by atoms with Gasteiger partial charge in [-0.1, -0.05) is 24.6 Å². The van der Waals surface area contributed by atoms with Gasteiger partial charge < -0.3 is 20.3 Å². The van der Waals surface area contributed by atoms with Crippen molar-refractivity contribution in [1.29, 1.82) is 0 Å². The van der Waals surface area contributed by atoms with E-state index in [9.17, 15) is 4.79 Å². The van der Waals surface area contributed by atoms with Crippen molar-refractivity contribution in [2.45, 2.75) is 39.3 Å². The number of carbonyl (C=O) groups is 1. The molecule has 6 nitrogen and oxygen atoms in total. The summed E-state index contributed by atoms with van der Waals surface area (Å²) in [6, 6.07) is 5.77. The Morgan fingerprint density at radius 1 is 1.42 bits per heavy atom. The molecule has 1 aliphatic rings. The van der Waals surface area contributed by atoms with Crippen LogP contribution in [0.3, 0.4) is 0 Å². The van der Waals surface area contributed by atoms with Gasteiger partial charge in [0.15, 0.2) is 5.96 Å². The highest BCUT2D eigenvalue weighted by Crippen LogP contribution is 2.23. The maximum absolute atomic E-state index is 11.8. The number of benzene rings is 1. The molecule has 1 heterocycles. The molecule has 0 aliphatic carbocycles. The molecule has 2 rings (SSSR count). The summed E-state index contributed by atoms with van der Waals surface area (Å²) in [4.78, 5) is 18.4. The van der Waals surface area contributed by atoms with E-state index in [-0.39, 0.29) is 35.9 Å². The van der Waals surface area contributed by atoms with Crippen molar-refractivity contribution < 1.29 is 9.53 Å². The van der Waals surface area contributed by atoms with Crippen LogP contribution in [-0.4, -0.2) is 49.6 Å². The Bertz CT molecular complexity index is 627. The fourth-order valence-corrected chi connectivity index (χ4v) is 3.02. The highest BCUT2D eigenvalue weighted by Gasteiger charge is 2.25. The van der Waals surface area contributed by atoms with Crippen LogP contribution in [0.25, 0.3) is 0 Å². The Hall–Kier alpha value is -1.22. The Morgan fingerprint density at radius 3 is 2.85 bits per heavy atom. The smallest absolute Gasteiger partial charge is 0.222 e. The molecule has 1 aromatic carbocycles. The molecule has 0 spiro atoms. The highest BCUT2D eigenvalue weighted by molar-refractivity contribution is 14.0. The van der Waals surface area contributed by atoms with E-state index in [0.29, 0.717) is 18.0 Å². The van der Waals surface area contributed by atoms with Gasteiger partial charge in [0.1, 0.15) is 5.75 Å². The van der Waals surface area contributed by atoms with Gasteiger partial charge in [0.2, 0.25) is 5.91 Å². The first-order valence-electron chi connectivity index (χ1n) is 8.72. The molecule has 1 saturated heterocycles. The molecule has 26 heavy (non-hydrogen) atoms. The fraction of sp³-hybridized carbons (Fsp3) is 0.556. The van der Waals surface area contributed by atoms with Crippen LogP contribution < -0.4 is 15.4 Å². The Kier molecular flexibility index (Phi) is 10.1. The normalized spacial score (nSPS) is 16.8. The molecule has 1 aliphatic heterocycles. The van der Waals surface area contributed by atoms with Crippen LogP contribution in [0, 0.1) is 0 Å². The molecule has 0 aromatic heterocycles. The molecule has 1 amide bonds. The molecule has 0 radical (unpaired) electrons. The van der Waals surface area contributed by atoms with Gasteiger partial charge in [0.05, 0.1) is 13.7 Å². The minimum atomic E-state index is 0. The predicted molar refractivity (Wildman–Crippen MR) is 117 cm³/mol. The van der Waals surface area contributed by atoms with Crippen molar-refractivity contribution in [2.24, 2.45) is 4.99 Å². The average molecular weight is 495 g/mol. The molecule has 0 bridgehead atoms. The predicted octanol–water partition coefficient (Wildman–Crippen LogP) is 3.03. The fourth-order valence-electron chi connectivity index (χ4n) is 2.85. The summed E-state index contributed by atoms with van der Waals surface area (Å²) < 4.78 is 5.37. The second kappa shape index (κ2) is 11.5. The van der Waals surface area contributed by atoms with Crippen LogP contribution in [-0.2, 0) is 11.3 Å². The lowest BCUT2D eigenvalue weighted by atomic mass is 10.2. The first-order chi connectivity index (χ1) is 12.1. The summed E-state index contributed by atoms with van der Waals surface area (Å²) in [6.07, 6.45) is 1.48. The first kappa shape index (κ1) is 22.8. The molecule has 146 valence electrons. The first-order valence-corrected chi connectivity index (χ1v) is 9.10. The van der Waals surface area contributed by atoms with Crippen molar-refractivity contribution in [3.05, 3.63) is 28.8 Å². The summed E-state index contributed by atoms with van der Waals surface area (Å²) in [5.74, 6) is 1.68. The van der Waals surface area contributed by atoms with Gasteiger partial charge in [0.25, 0.3) is 0 Å². The van der Waals surface area contributed by atoms with Gasteiger partial charge in [-0.05, 0) is 25.5 Å². The average Bonchev–Trinajstić information content (AvgIpc) is 3.08. The van der Waals surface area contributed by atoms with Crippen LogP contribution in [0.15, 0.2) is 23.2 Å². The third-order valence-electron chi connectivity index (χ3n) is 4.19. The molecule has 8 heteroatoms. The minimum absolute atomic E-state index is 0. The molecule has 1 unspecified atom stereocenters. The van der Waals surface area contributed by atoms with Gasteiger partial charge in [-0.25, -0.2) is 4.99 Å². The molecule has 1 atom stereocenters. The van der Waals surface area contributed by atoms with Gasteiger partial charge in [0, 0.05) is 42.7 Å². The number of rotatable bonds is 6. The SMILES string of the molecule is CCNC(=NCc1ccc(Cl)cc1OC)NC1CCN(C(=O)CC)C1.I. The number of likely N-dealkylation sites (tertiary alicyclic amines) is 1. The number of amides is 1. The van der Waals surface area contributed by atoms with E-state index >= 15 is 0 Å². The number of hydrogen-bond acceptors (Lipinski definition) is 3. The minimum Gasteiger partial charge on any atom is -0.496 e. The maximum Gasteiger partial charge on any atom is 0.222 e. The van der Waals surface area contributed by atoms with Gasteiger partial charge in [-0.3, -0.25) is 4.79 Å². The van der Waals surface area contributed by atoms with Crippen LogP contribution in [0.4, 0.5) is 0 Å². The lowest BCUT2D eigenvalue weighted by Gasteiger charge is -2.18. The second-order valence-electron chi connectivity index (χ2n) is 5.97. The number of hydrogen-bond donors (Lipinski definition) is 2. The van der Waals surface area contributed by atoms with Crippen LogP contribution in [0.1, 0.15) is 32.3 Å². The molecular weight excluding hydrogens is 467 g/mol. The molecular formula is C18H28ClIN4O2.